The van der Waals surface area contributed by atoms with Crippen molar-refractivity contribution in [2.24, 2.45) is 0 Å². The number of ether oxygens (including phenoxy) is 2. The van der Waals surface area contributed by atoms with Crippen molar-refractivity contribution < 1.29 is 9.47 Å². The SMILES string of the molecule is CC(C)c1cc(-c2ccccc2)cc(C(C)C)c1-n1c(-c2cccc3c2Oc2ccccc2O3)nc2ccccc21. The standard InChI is InChI=1S/C37H32N2O2/c1-23(2)28-21-26(25-13-6-5-7-14-25)22-29(24(3)4)35(28)39-31-17-9-8-16-30(31)38-37(39)27-15-12-20-34-36(27)41-33-19-11-10-18-32(33)40-34/h5-24H,1-4H3. The van der Waals surface area contributed by atoms with Gasteiger partial charge in [-0.15, -0.1) is 0 Å². The Bertz CT molecular complexity index is 1870. The molecule has 1 aromatic heterocycles. The lowest BCUT2D eigenvalue weighted by Gasteiger charge is -2.26. The van der Waals surface area contributed by atoms with E-state index in [0.717, 1.165) is 22.4 Å². The van der Waals surface area contributed by atoms with Crippen molar-refractivity contribution in [3.8, 4) is 51.2 Å². The molecule has 0 fully saturated rings. The van der Waals surface area contributed by atoms with Gasteiger partial charge >= 0.3 is 0 Å². The molecule has 0 spiro atoms. The van der Waals surface area contributed by atoms with E-state index in [0.29, 0.717) is 23.0 Å². The van der Waals surface area contributed by atoms with E-state index < -0.39 is 0 Å². The number of nitrogens with zero attached hydrogens (tertiary/aromatic N) is 2. The first-order valence-corrected chi connectivity index (χ1v) is 14.3. The molecular weight excluding hydrogens is 504 g/mol. The third kappa shape index (κ3) is 4.27. The molecule has 0 atom stereocenters. The van der Waals surface area contributed by atoms with Crippen molar-refractivity contribution in [3.05, 3.63) is 120 Å². The monoisotopic (exact) mass is 536 g/mol. The molecule has 0 aliphatic carbocycles. The Balaban J connectivity index is 1.53. The summed E-state index contributed by atoms with van der Waals surface area (Å²) < 4.78 is 15.1. The van der Waals surface area contributed by atoms with Crippen molar-refractivity contribution in [1.29, 1.82) is 0 Å². The van der Waals surface area contributed by atoms with Crippen LogP contribution in [-0.4, -0.2) is 9.55 Å². The summed E-state index contributed by atoms with van der Waals surface area (Å²) in [7, 11) is 0. The number of imidazole rings is 1. The van der Waals surface area contributed by atoms with E-state index in [1.165, 1.54) is 27.9 Å². The zero-order valence-electron chi connectivity index (χ0n) is 23.8. The van der Waals surface area contributed by atoms with Gasteiger partial charge in [0.05, 0.1) is 22.3 Å². The van der Waals surface area contributed by atoms with Crippen LogP contribution in [0.25, 0.3) is 39.2 Å². The minimum atomic E-state index is 0.288. The Labute approximate surface area is 240 Å². The summed E-state index contributed by atoms with van der Waals surface area (Å²) in [5.74, 6) is 4.20. The molecule has 4 heteroatoms. The molecule has 1 aliphatic heterocycles. The molecule has 0 saturated carbocycles. The van der Waals surface area contributed by atoms with E-state index in [1.54, 1.807) is 0 Å². The van der Waals surface area contributed by atoms with Crippen LogP contribution in [-0.2, 0) is 0 Å². The molecule has 202 valence electrons. The molecule has 0 N–H and O–H groups in total. The van der Waals surface area contributed by atoms with Crippen LogP contribution >= 0.6 is 0 Å². The second-order valence-corrected chi connectivity index (χ2v) is 11.2. The molecule has 0 radical (unpaired) electrons. The third-order valence-electron chi connectivity index (χ3n) is 7.81. The van der Waals surface area contributed by atoms with E-state index in [4.69, 9.17) is 14.5 Å². The van der Waals surface area contributed by atoms with Gasteiger partial charge in [-0.05, 0) is 82.6 Å². The lowest BCUT2D eigenvalue weighted by Crippen LogP contribution is -2.10. The van der Waals surface area contributed by atoms with E-state index in [9.17, 15) is 0 Å². The van der Waals surface area contributed by atoms with Crippen molar-refractivity contribution in [2.45, 2.75) is 39.5 Å². The molecule has 1 aliphatic rings. The van der Waals surface area contributed by atoms with Crippen LogP contribution in [0.15, 0.2) is 109 Å². The van der Waals surface area contributed by atoms with E-state index in [2.05, 4.69) is 99.0 Å². The summed E-state index contributed by atoms with van der Waals surface area (Å²) in [6.45, 7) is 9.09. The lowest BCUT2D eigenvalue weighted by molar-refractivity contribution is 0.360. The Morgan fingerprint density at radius 2 is 1.20 bits per heavy atom. The molecule has 41 heavy (non-hydrogen) atoms. The third-order valence-corrected chi connectivity index (χ3v) is 7.81. The van der Waals surface area contributed by atoms with Crippen LogP contribution in [0.4, 0.5) is 0 Å². The predicted molar refractivity (Wildman–Crippen MR) is 167 cm³/mol. The molecule has 0 unspecified atom stereocenters. The van der Waals surface area contributed by atoms with Gasteiger partial charge in [0.15, 0.2) is 23.0 Å². The summed E-state index contributed by atoms with van der Waals surface area (Å²) >= 11 is 0. The highest BCUT2D eigenvalue weighted by atomic mass is 16.6. The summed E-state index contributed by atoms with van der Waals surface area (Å²) in [5.41, 5.74) is 9.11. The fourth-order valence-corrected chi connectivity index (χ4v) is 5.77. The highest BCUT2D eigenvalue weighted by molar-refractivity contribution is 5.87. The Kier molecular flexibility index (Phi) is 6.12. The van der Waals surface area contributed by atoms with Gasteiger partial charge in [0.1, 0.15) is 5.82 Å². The minimum Gasteiger partial charge on any atom is -0.449 e. The fraction of sp³-hybridized carbons (Fsp3) is 0.162. The number of benzene rings is 5. The van der Waals surface area contributed by atoms with Crippen LogP contribution < -0.4 is 9.47 Å². The molecular formula is C37H32N2O2. The molecule has 2 heterocycles. The Morgan fingerprint density at radius 3 is 1.90 bits per heavy atom. The van der Waals surface area contributed by atoms with Gasteiger partial charge in [-0.2, -0.15) is 0 Å². The van der Waals surface area contributed by atoms with E-state index in [-0.39, 0.29) is 11.8 Å². The Morgan fingerprint density at radius 1 is 0.585 bits per heavy atom. The highest BCUT2D eigenvalue weighted by Crippen LogP contribution is 2.50. The average molecular weight is 537 g/mol. The number of hydrogen-bond acceptors (Lipinski definition) is 3. The van der Waals surface area contributed by atoms with Crippen LogP contribution in [0, 0.1) is 0 Å². The molecule has 5 aromatic carbocycles. The molecule has 4 nitrogen and oxygen atoms in total. The fourth-order valence-electron chi connectivity index (χ4n) is 5.77. The van der Waals surface area contributed by atoms with Crippen molar-refractivity contribution in [1.82, 2.24) is 9.55 Å². The predicted octanol–water partition coefficient (Wildman–Crippen LogP) is 10.5. The Hall–Kier alpha value is -4.83. The highest BCUT2D eigenvalue weighted by Gasteiger charge is 2.28. The zero-order valence-corrected chi connectivity index (χ0v) is 23.8. The van der Waals surface area contributed by atoms with Crippen molar-refractivity contribution >= 4 is 11.0 Å². The first kappa shape index (κ1) is 25.2. The maximum absolute atomic E-state index is 6.50. The summed E-state index contributed by atoms with van der Waals surface area (Å²) in [6, 6.07) is 37.6. The van der Waals surface area contributed by atoms with Gasteiger partial charge in [-0.1, -0.05) is 88.4 Å². The molecule has 6 aromatic rings. The minimum absolute atomic E-state index is 0.288. The second-order valence-electron chi connectivity index (χ2n) is 11.2. The topological polar surface area (TPSA) is 36.3 Å². The van der Waals surface area contributed by atoms with Gasteiger partial charge in [-0.25, -0.2) is 4.98 Å². The van der Waals surface area contributed by atoms with Gasteiger partial charge < -0.3 is 9.47 Å². The molecule has 7 rings (SSSR count). The maximum atomic E-state index is 6.50. The van der Waals surface area contributed by atoms with Crippen LogP contribution in [0.1, 0.15) is 50.7 Å². The smallest absolute Gasteiger partial charge is 0.181 e. The van der Waals surface area contributed by atoms with Gasteiger partial charge in [0.2, 0.25) is 0 Å². The van der Waals surface area contributed by atoms with E-state index in [1.807, 2.05) is 42.5 Å². The van der Waals surface area contributed by atoms with Crippen LogP contribution in [0.2, 0.25) is 0 Å². The first-order chi connectivity index (χ1) is 20.0. The zero-order chi connectivity index (χ0) is 28.1. The van der Waals surface area contributed by atoms with E-state index >= 15 is 0 Å². The molecule has 0 saturated heterocycles. The number of para-hydroxylation sites is 5. The first-order valence-electron chi connectivity index (χ1n) is 14.3. The van der Waals surface area contributed by atoms with Crippen molar-refractivity contribution in [3.63, 3.8) is 0 Å². The number of aromatic nitrogens is 2. The summed E-state index contributed by atoms with van der Waals surface area (Å²) in [4.78, 5) is 5.23. The lowest BCUT2D eigenvalue weighted by atomic mass is 9.88. The molecule has 0 amide bonds. The van der Waals surface area contributed by atoms with Gasteiger partial charge in [0.25, 0.3) is 0 Å². The maximum Gasteiger partial charge on any atom is 0.181 e. The van der Waals surface area contributed by atoms with Gasteiger partial charge in [0, 0.05) is 0 Å². The van der Waals surface area contributed by atoms with Crippen LogP contribution in [0.3, 0.4) is 0 Å². The second kappa shape index (κ2) is 9.97. The average Bonchev–Trinajstić information content (AvgIpc) is 3.38. The summed E-state index contributed by atoms with van der Waals surface area (Å²) in [5, 5.41) is 0. The van der Waals surface area contributed by atoms with Crippen LogP contribution in [0.5, 0.6) is 23.0 Å². The number of fused-ring (bicyclic) bond motifs is 3. The summed E-state index contributed by atoms with van der Waals surface area (Å²) in [6.07, 6.45) is 0. The van der Waals surface area contributed by atoms with Gasteiger partial charge in [-0.3, -0.25) is 4.57 Å². The largest absolute Gasteiger partial charge is 0.449 e. The number of rotatable bonds is 5. The normalized spacial score (nSPS) is 12.2. The number of hydrogen-bond donors (Lipinski definition) is 0. The van der Waals surface area contributed by atoms with Crippen molar-refractivity contribution in [2.75, 3.05) is 0 Å². The molecule has 0 bridgehead atoms. The quantitative estimate of drug-likeness (QED) is 0.219.